The van der Waals surface area contributed by atoms with E-state index in [0.717, 1.165) is 0 Å². The first-order chi connectivity index (χ1) is 18.6. The summed E-state index contributed by atoms with van der Waals surface area (Å²) in [6.07, 6.45) is -0.276. The van der Waals surface area contributed by atoms with Gasteiger partial charge in [0.1, 0.15) is 11.6 Å². The number of hydrogen-bond acceptors (Lipinski definition) is 5. The Morgan fingerprint density at radius 3 is 2.23 bits per heavy atom. The lowest BCUT2D eigenvalue weighted by Gasteiger charge is -2.48. The van der Waals surface area contributed by atoms with Crippen molar-refractivity contribution in [2.75, 3.05) is 4.90 Å². The number of hydrogen-bond donors (Lipinski definition) is 3. The normalized spacial score (nSPS) is 18.0. The Hall–Kier alpha value is -4.05. The molecule has 1 aliphatic heterocycles. The molecule has 1 heterocycles. The van der Waals surface area contributed by atoms with Crippen molar-refractivity contribution in [1.29, 1.82) is 0 Å². The third-order valence-electron chi connectivity index (χ3n) is 7.07. The van der Waals surface area contributed by atoms with Crippen LogP contribution in [0.1, 0.15) is 36.1 Å². The number of phenolic OH excluding ortho intramolecular Hbond substituents is 1. The highest BCUT2D eigenvalue weighted by Crippen LogP contribution is 2.49. The van der Waals surface area contributed by atoms with Crippen LogP contribution in [-0.4, -0.2) is 29.1 Å². The lowest BCUT2D eigenvalue weighted by Crippen LogP contribution is -2.55. The maximum absolute atomic E-state index is 13.3. The molecule has 200 valence electrons. The van der Waals surface area contributed by atoms with Gasteiger partial charge in [-0.05, 0) is 72.0 Å². The molecular weight excluding hydrogens is 521 g/mol. The predicted octanol–water partition coefficient (Wildman–Crippen LogP) is 5.66. The fourth-order valence-corrected chi connectivity index (χ4v) is 5.59. The zero-order chi connectivity index (χ0) is 27.7. The molecule has 4 aromatic rings. The number of aliphatic hydroxyl groups is 1. The van der Waals surface area contributed by atoms with Crippen molar-refractivity contribution in [1.82, 2.24) is 0 Å². The molecule has 9 heteroatoms. The van der Waals surface area contributed by atoms with Crippen LogP contribution < -0.4 is 4.90 Å². The van der Waals surface area contributed by atoms with Gasteiger partial charge >= 0.3 is 0 Å². The summed E-state index contributed by atoms with van der Waals surface area (Å²) in [5, 5.41) is 21.7. The number of benzene rings is 4. The number of halogens is 1. The maximum atomic E-state index is 13.3. The van der Waals surface area contributed by atoms with Crippen LogP contribution in [0.5, 0.6) is 5.75 Å². The van der Waals surface area contributed by atoms with Crippen molar-refractivity contribution in [3.8, 4) is 16.9 Å². The van der Waals surface area contributed by atoms with Crippen LogP contribution in [0.3, 0.4) is 0 Å². The van der Waals surface area contributed by atoms with E-state index in [2.05, 4.69) is 0 Å². The third kappa shape index (κ3) is 5.42. The Kier molecular flexibility index (Phi) is 7.22. The second kappa shape index (κ2) is 10.6. The van der Waals surface area contributed by atoms with Gasteiger partial charge in [0.05, 0.1) is 23.0 Å². The second-order valence-corrected chi connectivity index (χ2v) is 10.9. The number of phenols is 1. The first kappa shape index (κ1) is 26.6. The minimum Gasteiger partial charge on any atom is -0.508 e. The van der Waals surface area contributed by atoms with E-state index in [0.29, 0.717) is 34.4 Å². The van der Waals surface area contributed by atoms with E-state index in [1.165, 1.54) is 48.5 Å². The van der Waals surface area contributed by atoms with Crippen molar-refractivity contribution in [2.45, 2.75) is 29.9 Å². The highest BCUT2D eigenvalue weighted by atomic mass is 32.2. The molecule has 0 spiro atoms. The van der Waals surface area contributed by atoms with Crippen molar-refractivity contribution < 1.29 is 32.4 Å². The molecule has 1 saturated heterocycles. The fraction of sp³-hybridized carbons (Fsp3) is 0.167. The Morgan fingerprint density at radius 1 is 0.872 bits per heavy atom. The number of amides is 1. The summed E-state index contributed by atoms with van der Waals surface area (Å²) in [4.78, 5) is 14.7. The van der Waals surface area contributed by atoms with Crippen LogP contribution in [0.25, 0.3) is 11.1 Å². The summed E-state index contributed by atoms with van der Waals surface area (Å²) >= 11 is 0. The Morgan fingerprint density at radius 2 is 1.56 bits per heavy atom. The minimum atomic E-state index is -4.39. The standard InChI is InChI=1S/C30H26FNO6S/c31-22-12-9-19(10-13-22)27(33)16-15-26-29(32(30(26)35)23-6-2-1-3-7-23)25-14-11-21(18-28(25)34)20-5-4-8-24(17-20)39(36,37)38/h1-14,17-18,26-27,29,33-34H,15-16H2,(H,36,37,38)/t26?,27?,29-/m1/s1. The number of nitrogens with zero attached hydrogens (tertiary/aromatic N) is 1. The van der Waals surface area contributed by atoms with Crippen molar-refractivity contribution in [2.24, 2.45) is 5.92 Å². The van der Waals surface area contributed by atoms with E-state index in [4.69, 9.17) is 0 Å². The second-order valence-electron chi connectivity index (χ2n) is 9.52. The largest absolute Gasteiger partial charge is 0.508 e. The molecule has 0 saturated carbocycles. The topological polar surface area (TPSA) is 115 Å². The van der Waals surface area contributed by atoms with Crippen LogP contribution in [0.15, 0.2) is 102 Å². The monoisotopic (exact) mass is 547 g/mol. The van der Waals surface area contributed by atoms with Crippen molar-refractivity contribution >= 4 is 21.7 Å². The van der Waals surface area contributed by atoms with Gasteiger partial charge in [0, 0.05) is 11.3 Å². The van der Waals surface area contributed by atoms with Crippen LogP contribution in [0, 0.1) is 11.7 Å². The molecule has 1 aliphatic rings. The highest BCUT2D eigenvalue weighted by Gasteiger charge is 2.49. The molecule has 5 rings (SSSR count). The number of β-lactam (4-membered cyclic amide) rings is 1. The van der Waals surface area contributed by atoms with Gasteiger partial charge in [-0.25, -0.2) is 4.39 Å². The van der Waals surface area contributed by atoms with Crippen LogP contribution >= 0.6 is 0 Å². The van der Waals surface area contributed by atoms with Crippen molar-refractivity contribution in [3.63, 3.8) is 0 Å². The van der Waals surface area contributed by atoms with Gasteiger partial charge in [-0.15, -0.1) is 0 Å². The van der Waals surface area contributed by atoms with E-state index in [1.54, 1.807) is 35.2 Å². The maximum Gasteiger partial charge on any atom is 0.294 e. The minimum absolute atomic E-state index is 0.0766. The van der Waals surface area contributed by atoms with Crippen molar-refractivity contribution in [3.05, 3.63) is 114 Å². The van der Waals surface area contributed by atoms with Gasteiger partial charge in [-0.1, -0.05) is 54.6 Å². The van der Waals surface area contributed by atoms with Gasteiger partial charge in [0.25, 0.3) is 10.1 Å². The van der Waals surface area contributed by atoms with Crippen LogP contribution in [0.2, 0.25) is 0 Å². The average molecular weight is 548 g/mol. The van der Waals surface area contributed by atoms with E-state index in [1.807, 2.05) is 18.2 Å². The molecule has 0 aliphatic carbocycles. The van der Waals surface area contributed by atoms with Gasteiger partial charge in [-0.3, -0.25) is 9.35 Å². The summed E-state index contributed by atoms with van der Waals surface area (Å²) in [6.45, 7) is 0. The fourth-order valence-electron chi connectivity index (χ4n) is 5.06. The van der Waals surface area contributed by atoms with Crippen LogP contribution in [0.4, 0.5) is 10.1 Å². The van der Waals surface area contributed by atoms with E-state index in [-0.39, 0.29) is 23.0 Å². The zero-order valence-corrected chi connectivity index (χ0v) is 21.5. The van der Waals surface area contributed by atoms with E-state index < -0.39 is 34.0 Å². The quantitative estimate of drug-likeness (QED) is 0.194. The van der Waals surface area contributed by atoms with E-state index >= 15 is 0 Å². The van der Waals surface area contributed by atoms with Gasteiger partial charge in [0.2, 0.25) is 5.91 Å². The number of anilines is 1. The Balaban J connectivity index is 1.44. The number of aliphatic hydroxyl groups excluding tert-OH is 1. The Bertz CT molecular complexity index is 1610. The number of para-hydroxylation sites is 1. The molecule has 3 N–H and O–H groups in total. The summed E-state index contributed by atoms with van der Waals surface area (Å²) in [5.74, 6) is -1.13. The van der Waals surface area contributed by atoms with Gasteiger partial charge in [-0.2, -0.15) is 8.42 Å². The number of carbonyl (C=O) groups excluding carboxylic acids is 1. The summed E-state index contributed by atoms with van der Waals surface area (Å²) in [7, 11) is -4.39. The predicted molar refractivity (Wildman–Crippen MR) is 144 cm³/mol. The highest BCUT2D eigenvalue weighted by molar-refractivity contribution is 7.85. The number of rotatable bonds is 8. The SMILES string of the molecule is O=C1C(CCC(O)c2ccc(F)cc2)[C@@H](c2ccc(-c3cccc(S(=O)(=O)O)c3)cc2O)N1c1ccccc1. The molecule has 7 nitrogen and oxygen atoms in total. The smallest absolute Gasteiger partial charge is 0.294 e. The van der Waals surface area contributed by atoms with Crippen LogP contribution in [-0.2, 0) is 14.9 Å². The Labute approximate surface area is 225 Å². The molecule has 1 fully saturated rings. The summed E-state index contributed by atoms with van der Waals surface area (Å²) < 4.78 is 45.8. The molecule has 0 radical (unpaired) electrons. The lowest BCUT2D eigenvalue weighted by atomic mass is 9.77. The number of aromatic hydroxyl groups is 1. The molecule has 4 aromatic carbocycles. The average Bonchev–Trinajstić information content (AvgIpc) is 2.92. The van der Waals surface area contributed by atoms with Gasteiger partial charge in [0.15, 0.2) is 0 Å². The molecule has 39 heavy (non-hydrogen) atoms. The molecular formula is C30H26FNO6S. The third-order valence-corrected chi connectivity index (χ3v) is 7.92. The zero-order valence-electron chi connectivity index (χ0n) is 20.7. The first-order valence-corrected chi connectivity index (χ1v) is 13.8. The summed E-state index contributed by atoms with van der Waals surface area (Å²) in [5.41, 5.74) is 2.75. The molecule has 2 unspecified atom stereocenters. The van der Waals surface area contributed by atoms with Gasteiger partial charge < -0.3 is 15.1 Å². The lowest BCUT2D eigenvalue weighted by molar-refractivity contribution is -0.131. The number of carbonyl (C=O) groups is 1. The van der Waals surface area contributed by atoms with E-state index in [9.17, 15) is 32.4 Å². The first-order valence-electron chi connectivity index (χ1n) is 12.4. The summed E-state index contributed by atoms with van der Waals surface area (Å²) in [6, 6.07) is 24.8. The molecule has 0 bridgehead atoms. The molecule has 1 amide bonds. The molecule has 3 atom stereocenters. The molecule has 0 aromatic heterocycles.